The van der Waals surface area contributed by atoms with Crippen LogP contribution in [-0.2, 0) is 0 Å². The fourth-order valence-corrected chi connectivity index (χ4v) is 1.55. The van der Waals surface area contributed by atoms with Crippen LogP contribution in [0.15, 0.2) is 23.4 Å². The standard InChI is InChI=1S/C11H19N/c1-8(2)11(5-6-11)7-9(3)10(4)12/h1,5-7,12H2,2-4H3/b10-9-. The van der Waals surface area contributed by atoms with E-state index in [9.17, 15) is 0 Å². The van der Waals surface area contributed by atoms with Gasteiger partial charge in [0, 0.05) is 5.70 Å². The zero-order valence-electron chi connectivity index (χ0n) is 8.41. The molecule has 0 bridgehead atoms. The summed E-state index contributed by atoms with van der Waals surface area (Å²) in [6, 6.07) is 0. The lowest BCUT2D eigenvalue weighted by Crippen LogP contribution is -2.05. The van der Waals surface area contributed by atoms with Gasteiger partial charge in [0.25, 0.3) is 0 Å². The van der Waals surface area contributed by atoms with E-state index in [0.29, 0.717) is 5.41 Å². The third-order valence-electron chi connectivity index (χ3n) is 3.04. The van der Waals surface area contributed by atoms with Crippen LogP contribution in [-0.4, -0.2) is 0 Å². The summed E-state index contributed by atoms with van der Waals surface area (Å²) < 4.78 is 0. The second-order valence-corrected chi connectivity index (χ2v) is 4.20. The smallest absolute Gasteiger partial charge is 0.00383 e. The van der Waals surface area contributed by atoms with E-state index in [0.717, 1.165) is 12.1 Å². The molecule has 0 unspecified atom stereocenters. The van der Waals surface area contributed by atoms with Crippen molar-refractivity contribution >= 4 is 0 Å². The molecule has 1 aliphatic carbocycles. The molecular formula is C11H19N. The summed E-state index contributed by atoms with van der Waals surface area (Å²) in [5, 5.41) is 0. The van der Waals surface area contributed by atoms with Gasteiger partial charge in [-0.15, -0.1) is 0 Å². The lowest BCUT2D eigenvalue weighted by Gasteiger charge is -2.15. The molecule has 1 rings (SSSR count). The van der Waals surface area contributed by atoms with Crippen molar-refractivity contribution in [3.8, 4) is 0 Å². The Morgan fingerprint density at radius 2 is 1.83 bits per heavy atom. The molecule has 0 radical (unpaired) electrons. The van der Waals surface area contributed by atoms with E-state index < -0.39 is 0 Å². The van der Waals surface area contributed by atoms with Crippen LogP contribution in [0.5, 0.6) is 0 Å². The lowest BCUT2D eigenvalue weighted by molar-refractivity contribution is 0.598. The average Bonchev–Trinajstić information content (AvgIpc) is 2.68. The number of rotatable bonds is 3. The monoisotopic (exact) mass is 165 g/mol. The SMILES string of the molecule is C=C(C)C1(C/C(C)=C(/C)N)CC1. The predicted octanol–water partition coefficient (Wildman–Crippen LogP) is 2.99. The molecule has 0 saturated heterocycles. The Morgan fingerprint density at radius 1 is 1.33 bits per heavy atom. The Labute approximate surface area is 75.3 Å². The minimum atomic E-state index is 0.421. The number of nitrogens with two attached hydrogens (primary N) is 1. The van der Waals surface area contributed by atoms with Crippen LogP contribution in [0.3, 0.4) is 0 Å². The third kappa shape index (κ3) is 1.71. The molecular weight excluding hydrogens is 146 g/mol. The fraction of sp³-hybridized carbons (Fsp3) is 0.636. The minimum Gasteiger partial charge on any atom is -0.402 e. The molecule has 12 heavy (non-hydrogen) atoms. The van der Waals surface area contributed by atoms with Crippen molar-refractivity contribution in [1.29, 1.82) is 0 Å². The third-order valence-corrected chi connectivity index (χ3v) is 3.04. The van der Waals surface area contributed by atoms with E-state index in [1.807, 2.05) is 6.92 Å². The Balaban J connectivity index is 2.64. The zero-order chi connectivity index (χ0) is 9.35. The Hall–Kier alpha value is -0.720. The second-order valence-electron chi connectivity index (χ2n) is 4.20. The van der Waals surface area contributed by atoms with Crippen molar-refractivity contribution in [2.75, 3.05) is 0 Å². The van der Waals surface area contributed by atoms with Crippen molar-refractivity contribution in [1.82, 2.24) is 0 Å². The molecule has 0 heterocycles. The molecule has 0 aliphatic heterocycles. The van der Waals surface area contributed by atoms with Gasteiger partial charge in [0.15, 0.2) is 0 Å². The molecule has 1 nitrogen and oxygen atoms in total. The fourth-order valence-electron chi connectivity index (χ4n) is 1.55. The van der Waals surface area contributed by atoms with E-state index in [1.165, 1.54) is 24.0 Å². The van der Waals surface area contributed by atoms with Gasteiger partial charge in [0.1, 0.15) is 0 Å². The first-order valence-electron chi connectivity index (χ1n) is 4.56. The highest BCUT2D eigenvalue weighted by atomic mass is 14.6. The molecule has 0 aromatic rings. The van der Waals surface area contributed by atoms with E-state index in [2.05, 4.69) is 20.4 Å². The van der Waals surface area contributed by atoms with Crippen LogP contribution in [0, 0.1) is 5.41 Å². The van der Waals surface area contributed by atoms with Crippen molar-refractivity contribution in [3.63, 3.8) is 0 Å². The molecule has 1 saturated carbocycles. The molecule has 0 aromatic heterocycles. The maximum Gasteiger partial charge on any atom is 0.00383 e. The maximum absolute atomic E-state index is 5.72. The van der Waals surface area contributed by atoms with Crippen LogP contribution >= 0.6 is 0 Å². The summed E-state index contributed by atoms with van der Waals surface area (Å²) in [6.45, 7) is 10.3. The van der Waals surface area contributed by atoms with Crippen molar-refractivity contribution in [3.05, 3.63) is 23.4 Å². The number of hydrogen-bond acceptors (Lipinski definition) is 1. The highest BCUT2D eigenvalue weighted by molar-refractivity contribution is 5.22. The Bertz CT molecular complexity index is 227. The highest BCUT2D eigenvalue weighted by Crippen LogP contribution is 2.55. The van der Waals surface area contributed by atoms with Gasteiger partial charge in [-0.3, -0.25) is 0 Å². The van der Waals surface area contributed by atoms with Gasteiger partial charge in [-0.1, -0.05) is 17.7 Å². The normalized spacial score (nSPS) is 21.6. The van der Waals surface area contributed by atoms with Crippen molar-refractivity contribution in [2.24, 2.45) is 11.1 Å². The van der Waals surface area contributed by atoms with E-state index >= 15 is 0 Å². The molecule has 1 heteroatoms. The summed E-state index contributed by atoms with van der Waals surface area (Å²) >= 11 is 0. The Morgan fingerprint density at radius 3 is 2.08 bits per heavy atom. The van der Waals surface area contributed by atoms with Crippen molar-refractivity contribution in [2.45, 2.75) is 40.0 Å². The summed E-state index contributed by atoms with van der Waals surface area (Å²) in [5.41, 5.74) is 9.77. The lowest BCUT2D eigenvalue weighted by atomic mass is 9.90. The van der Waals surface area contributed by atoms with Crippen LogP contribution in [0.4, 0.5) is 0 Å². The van der Waals surface area contributed by atoms with Gasteiger partial charge in [-0.25, -0.2) is 0 Å². The average molecular weight is 165 g/mol. The first-order valence-corrected chi connectivity index (χ1v) is 4.56. The number of hydrogen-bond donors (Lipinski definition) is 1. The summed E-state index contributed by atoms with van der Waals surface area (Å²) in [6.07, 6.45) is 3.71. The van der Waals surface area contributed by atoms with Crippen LogP contribution < -0.4 is 5.73 Å². The van der Waals surface area contributed by atoms with E-state index in [-0.39, 0.29) is 0 Å². The first kappa shape index (κ1) is 9.37. The predicted molar refractivity (Wildman–Crippen MR) is 53.7 cm³/mol. The van der Waals surface area contributed by atoms with Gasteiger partial charge in [0.05, 0.1) is 0 Å². The molecule has 0 amide bonds. The quantitative estimate of drug-likeness (QED) is 0.639. The molecule has 1 aliphatic rings. The van der Waals surface area contributed by atoms with Crippen LogP contribution in [0.2, 0.25) is 0 Å². The summed E-state index contributed by atoms with van der Waals surface area (Å²) in [7, 11) is 0. The van der Waals surface area contributed by atoms with Crippen molar-refractivity contribution < 1.29 is 0 Å². The van der Waals surface area contributed by atoms with Crippen LogP contribution in [0.1, 0.15) is 40.0 Å². The molecule has 1 fully saturated rings. The van der Waals surface area contributed by atoms with Gasteiger partial charge in [0.2, 0.25) is 0 Å². The van der Waals surface area contributed by atoms with Gasteiger partial charge in [-0.2, -0.15) is 0 Å². The molecule has 68 valence electrons. The first-order chi connectivity index (χ1) is 5.48. The van der Waals surface area contributed by atoms with Gasteiger partial charge < -0.3 is 5.73 Å². The van der Waals surface area contributed by atoms with Gasteiger partial charge in [-0.05, 0) is 45.4 Å². The largest absolute Gasteiger partial charge is 0.402 e. The number of allylic oxidation sites excluding steroid dienone is 3. The topological polar surface area (TPSA) is 26.0 Å². The second kappa shape index (κ2) is 2.96. The summed E-state index contributed by atoms with van der Waals surface area (Å²) in [4.78, 5) is 0. The minimum absolute atomic E-state index is 0.421. The summed E-state index contributed by atoms with van der Waals surface area (Å²) in [5.74, 6) is 0. The molecule has 2 N–H and O–H groups in total. The van der Waals surface area contributed by atoms with Gasteiger partial charge >= 0.3 is 0 Å². The molecule has 0 atom stereocenters. The van der Waals surface area contributed by atoms with E-state index in [4.69, 9.17) is 5.73 Å². The highest BCUT2D eigenvalue weighted by Gasteiger charge is 2.43. The maximum atomic E-state index is 5.72. The Kier molecular flexibility index (Phi) is 2.31. The zero-order valence-corrected chi connectivity index (χ0v) is 8.41. The molecule has 0 spiro atoms. The van der Waals surface area contributed by atoms with E-state index in [1.54, 1.807) is 0 Å². The molecule has 0 aromatic carbocycles. The van der Waals surface area contributed by atoms with Crippen LogP contribution in [0.25, 0.3) is 0 Å².